The molecule has 0 atom stereocenters. The lowest BCUT2D eigenvalue weighted by atomic mass is 10.1. The Kier molecular flexibility index (Phi) is 3.85. The maximum atomic E-state index is 11.9. The number of carbonyl (C=O) groups is 1. The molecule has 2 aromatic rings. The Balaban J connectivity index is 1.91. The van der Waals surface area contributed by atoms with Gasteiger partial charge in [-0.3, -0.25) is 9.48 Å². The molecule has 19 heavy (non-hydrogen) atoms. The van der Waals surface area contributed by atoms with E-state index in [1.54, 1.807) is 13.2 Å². The molecule has 1 aromatic carbocycles. The lowest BCUT2D eigenvalue weighted by molar-refractivity contribution is 0.0949. The molecular weight excluding hydrogens is 240 g/mol. The van der Waals surface area contributed by atoms with Crippen LogP contribution in [0.15, 0.2) is 30.5 Å². The normalized spacial score (nSPS) is 10.4. The van der Waals surface area contributed by atoms with Crippen LogP contribution in [-0.4, -0.2) is 22.2 Å². The summed E-state index contributed by atoms with van der Waals surface area (Å²) < 4.78 is 1.53. The van der Waals surface area contributed by atoms with Crippen molar-refractivity contribution in [3.8, 4) is 0 Å². The minimum Gasteiger partial charge on any atom is -0.396 e. The number of nitrogens with zero attached hydrogens (tertiary/aromatic N) is 2. The standard InChI is InChI=1S/C14H18N4O/c1-10-5-3-4-6-11(10)7-8-16-14(19)13-12(15)9-18(2)17-13/h3-6,9H,7-8,15H2,1-2H3,(H,16,19). The number of aromatic nitrogens is 2. The van der Waals surface area contributed by atoms with Gasteiger partial charge in [0, 0.05) is 19.8 Å². The molecule has 100 valence electrons. The van der Waals surface area contributed by atoms with Gasteiger partial charge < -0.3 is 11.1 Å². The van der Waals surface area contributed by atoms with Crippen LogP contribution in [0, 0.1) is 6.92 Å². The van der Waals surface area contributed by atoms with Gasteiger partial charge in [-0.2, -0.15) is 5.10 Å². The topological polar surface area (TPSA) is 72.9 Å². The zero-order valence-corrected chi connectivity index (χ0v) is 11.2. The summed E-state index contributed by atoms with van der Waals surface area (Å²) in [6.45, 7) is 2.63. The fourth-order valence-corrected chi connectivity index (χ4v) is 1.97. The van der Waals surface area contributed by atoms with Crippen molar-refractivity contribution >= 4 is 11.6 Å². The minimum atomic E-state index is -0.230. The SMILES string of the molecule is Cc1ccccc1CCNC(=O)c1nn(C)cc1N. The van der Waals surface area contributed by atoms with Crippen LogP contribution in [0.4, 0.5) is 5.69 Å². The van der Waals surface area contributed by atoms with E-state index in [0.717, 1.165) is 6.42 Å². The smallest absolute Gasteiger partial charge is 0.273 e. The molecule has 1 amide bonds. The Labute approximate surface area is 112 Å². The molecule has 0 radical (unpaired) electrons. The molecule has 5 heteroatoms. The number of aryl methyl sites for hydroxylation is 2. The molecule has 3 N–H and O–H groups in total. The predicted molar refractivity (Wildman–Crippen MR) is 74.8 cm³/mol. The summed E-state index contributed by atoms with van der Waals surface area (Å²) in [5.41, 5.74) is 8.85. The zero-order valence-electron chi connectivity index (χ0n) is 11.2. The Morgan fingerprint density at radius 2 is 2.16 bits per heavy atom. The first-order valence-corrected chi connectivity index (χ1v) is 6.19. The van der Waals surface area contributed by atoms with Gasteiger partial charge in [-0.15, -0.1) is 0 Å². The van der Waals surface area contributed by atoms with E-state index in [4.69, 9.17) is 5.73 Å². The molecule has 0 fully saturated rings. The second-order valence-corrected chi connectivity index (χ2v) is 4.54. The van der Waals surface area contributed by atoms with Crippen molar-refractivity contribution in [3.63, 3.8) is 0 Å². The fourth-order valence-electron chi connectivity index (χ4n) is 1.97. The summed E-state index contributed by atoms with van der Waals surface area (Å²) in [7, 11) is 1.74. The second kappa shape index (κ2) is 5.56. The number of nitrogens with two attached hydrogens (primary N) is 1. The summed E-state index contributed by atoms with van der Waals surface area (Å²) in [5.74, 6) is -0.230. The first-order chi connectivity index (χ1) is 9.08. The second-order valence-electron chi connectivity index (χ2n) is 4.54. The average molecular weight is 258 g/mol. The van der Waals surface area contributed by atoms with Gasteiger partial charge in [0.05, 0.1) is 5.69 Å². The van der Waals surface area contributed by atoms with E-state index < -0.39 is 0 Å². The van der Waals surface area contributed by atoms with Gasteiger partial charge in [0.1, 0.15) is 0 Å². The van der Waals surface area contributed by atoms with Crippen molar-refractivity contribution in [1.29, 1.82) is 0 Å². The van der Waals surface area contributed by atoms with E-state index in [-0.39, 0.29) is 11.6 Å². The van der Waals surface area contributed by atoms with E-state index in [2.05, 4.69) is 29.5 Å². The monoisotopic (exact) mass is 258 g/mol. The van der Waals surface area contributed by atoms with Crippen LogP contribution in [0.25, 0.3) is 0 Å². The maximum Gasteiger partial charge on any atom is 0.273 e. The van der Waals surface area contributed by atoms with Crippen LogP contribution in [0.2, 0.25) is 0 Å². The van der Waals surface area contributed by atoms with Crippen molar-refractivity contribution in [2.45, 2.75) is 13.3 Å². The molecule has 0 unspecified atom stereocenters. The predicted octanol–water partition coefficient (Wildman–Crippen LogP) is 1.28. The Hall–Kier alpha value is -2.30. The maximum absolute atomic E-state index is 11.9. The van der Waals surface area contributed by atoms with E-state index in [9.17, 15) is 4.79 Å². The van der Waals surface area contributed by atoms with E-state index in [1.807, 2.05) is 12.1 Å². The number of benzene rings is 1. The summed E-state index contributed by atoms with van der Waals surface area (Å²) in [5, 5.41) is 6.87. The molecule has 0 aliphatic carbocycles. The van der Waals surface area contributed by atoms with Gasteiger partial charge >= 0.3 is 0 Å². The molecule has 1 heterocycles. The summed E-state index contributed by atoms with van der Waals surface area (Å²) in [6, 6.07) is 8.14. The first kappa shape index (κ1) is 13.1. The molecular formula is C14H18N4O. The first-order valence-electron chi connectivity index (χ1n) is 6.19. The number of hydrogen-bond acceptors (Lipinski definition) is 3. The third kappa shape index (κ3) is 3.13. The van der Waals surface area contributed by atoms with E-state index >= 15 is 0 Å². The molecule has 2 rings (SSSR count). The van der Waals surface area contributed by atoms with Crippen molar-refractivity contribution < 1.29 is 4.79 Å². The number of hydrogen-bond donors (Lipinski definition) is 2. The molecule has 1 aromatic heterocycles. The van der Waals surface area contributed by atoms with Crippen molar-refractivity contribution in [2.24, 2.45) is 7.05 Å². The molecule has 0 aliphatic rings. The third-order valence-electron chi connectivity index (χ3n) is 3.01. The number of nitrogens with one attached hydrogen (secondary N) is 1. The number of rotatable bonds is 4. The largest absolute Gasteiger partial charge is 0.396 e. The van der Waals surface area contributed by atoms with Gasteiger partial charge in [0.25, 0.3) is 5.91 Å². The molecule has 5 nitrogen and oxygen atoms in total. The lowest BCUT2D eigenvalue weighted by Gasteiger charge is -2.06. The van der Waals surface area contributed by atoms with Crippen LogP contribution < -0.4 is 11.1 Å². The number of anilines is 1. The van der Waals surface area contributed by atoms with Crippen molar-refractivity contribution in [3.05, 3.63) is 47.3 Å². The number of amides is 1. The zero-order chi connectivity index (χ0) is 13.8. The average Bonchev–Trinajstić information content (AvgIpc) is 2.71. The highest BCUT2D eigenvalue weighted by molar-refractivity contribution is 5.96. The van der Waals surface area contributed by atoms with E-state index in [0.29, 0.717) is 12.2 Å². The molecule has 0 spiro atoms. The summed E-state index contributed by atoms with van der Waals surface area (Å²) in [6.07, 6.45) is 2.42. The third-order valence-corrected chi connectivity index (χ3v) is 3.01. The van der Waals surface area contributed by atoms with Crippen molar-refractivity contribution in [1.82, 2.24) is 15.1 Å². The minimum absolute atomic E-state index is 0.230. The van der Waals surface area contributed by atoms with Gasteiger partial charge in [-0.1, -0.05) is 24.3 Å². The van der Waals surface area contributed by atoms with Gasteiger partial charge in [-0.25, -0.2) is 0 Å². The Morgan fingerprint density at radius 3 is 2.79 bits per heavy atom. The van der Waals surface area contributed by atoms with Crippen LogP contribution in [0.1, 0.15) is 21.6 Å². The number of carbonyl (C=O) groups excluding carboxylic acids is 1. The highest BCUT2D eigenvalue weighted by Crippen LogP contribution is 2.09. The van der Waals surface area contributed by atoms with Gasteiger partial charge in [-0.05, 0) is 24.5 Å². The highest BCUT2D eigenvalue weighted by Gasteiger charge is 2.13. The lowest BCUT2D eigenvalue weighted by Crippen LogP contribution is -2.27. The molecule has 0 saturated heterocycles. The molecule has 0 saturated carbocycles. The Bertz CT molecular complexity index is 589. The van der Waals surface area contributed by atoms with Crippen LogP contribution in [0.5, 0.6) is 0 Å². The van der Waals surface area contributed by atoms with Crippen LogP contribution >= 0.6 is 0 Å². The quantitative estimate of drug-likeness (QED) is 0.867. The number of nitrogen functional groups attached to an aromatic ring is 1. The summed E-state index contributed by atoms with van der Waals surface area (Å²) in [4.78, 5) is 11.9. The van der Waals surface area contributed by atoms with Crippen LogP contribution in [0.3, 0.4) is 0 Å². The molecule has 0 aliphatic heterocycles. The van der Waals surface area contributed by atoms with Gasteiger partial charge in [0.15, 0.2) is 5.69 Å². The van der Waals surface area contributed by atoms with Crippen molar-refractivity contribution in [2.75, 3.05) is 12.3 Å². The fraction of sp³-hybridized carbons (Fsp3) is 0.286. The van der Waals surface area contributed by atoms with E-state index in [1.165, 1.54) is 15.8 Å². The Morgan fingerprint density at radius 1 is 1.42 bits per heavy atom. The summed E-state index contributed by atoms with van der Waals surface area (Å²) >= 11 is 0. The molecule has 0 bridgehead atoms. The highest BCUT2D eigenvalue weighted by atomic mass is 16.1. The van der Waals surface area contributed by atoms with Gasteiger partial charge in [0.2, 0.25) is 0 Å². The van der Waals surface area contributed by atoms with Crippen LogP contribution in [-0.2, 0) is 13.5 Å².